The van der Waals surface area contributed by atoms with E-state index in [9.17, 15) is 0 Å². The lowest BCUT2D eigenvalue weighted by atomic mass is 9.96. The van der Waals surface area contributed by atoms with Gasteiger partial charge in [-0.2, -0.15) is 0 Å². The van der Waals surface area contributed by atoms with Crippen molar-refractivity contribution in [3.63, 3.8) is 0 Å². The molecule has 1 aromatic carbocycles. The van der Waals surface area contributed by atoms with E-state index < -0.39 is 0 Å². The van der Waals surface area contributed by atoms with Crippen LogP contribution in [0.1, 0.15) is 38.2 Å². The summed E-state index contributed by atoms with van der Waals surface area (Å²) in [6.45, 7) is 5.73. The molecule has 0 bridgehead atoms. The molecule has 0 radical (unpaired) electrons. The highest BCUT2D eigenvalue weighted by atomic mass is 15.3. The Labute approximate surface area is 97.6 Å². The highest BCUT2D eigenvalue weighted by Gasteiger charge is 2.44. The number of likely N-dealkylation sites (tertiary alicyclic amines) is 1. The van der Waals surface area contributed by atoms with Crippen molar-refractivity contribution in [2.45, 2.75) is 44.8 Å². The van der Waals surface area contributed by atoms with Crippen molar-refractivity contribution < 1.29 is 0 Å². The van der Waals surface area contributed by atoms with E-state index in [1.165, 1.54) is 24.1 Å². The Kier molecular flexibility index (Phi) is 2.40. The smallest absolute Gasteiger partial charge is 0.0867 e. The second-order valence-electron chi connectivity index (χ2n) is 4.91. The van der Waals surface area contributed by atoms with Crippen LogP contribution in [0, 0.1) is 0 Å². The predicted molar refractivity (Wildman–Crippen MR) is 67.7 cm³/mol. The standard InChI is InChI=1S/C14H20N2/c1-3-10-9-12-11-7-5-6-8-13(11)15-14(12)16(10)4-2/h5-8,10,12,14-15H,3-4,9H2,1-2H3. The number of hydrogen-bond donors (Lipinski definition) is 1. The van der Waals surface area contributed by atoms with Crippen molar-refractivity contribution in [1.82, 2.24) is 4.90 Å². The zero-order valence-electron chi connectivity index (χ0n) is 10.1. The molecule has 86 valence electrons. The maximum absolute atomic E-state index is 3.69. The summed E-state index contributed by atoms with van der Waals surface area (Å²) in [5, 5.41) is 3.69. The predicted octanol–water partition coefficient (Wildman–Crippen LogP) is 3.03. The van der Waals surface area contributed by atoms with Crippen LogP contribution in [0.5, 0.6) is 0 Å². The molecule has 0 spiro atoms. The molecular weight excluding hydrogens is 196 g/mol. The van der Waals surface area contributed by atoms with E-state index in [1.807, 2.05) is 0 Å². The average molecular weight is 216 g/mol. The lowest BCUT2D eigenvalue weighted by Gasteiger charge is -2.28. The van der Waals surface area contributed by atoms with Gasteiger partial charge < -0.3 is 5.32 Å². The van der Waals surface area contributed by atoms with Gasteiger partial charge in [-0.05, 0) is 31.0 Å². The van der Waals surface area contributed by atoms with Crippen LogP contribution >= 0.6 is 0 Å². The van der Waals surface area contributed by atoms with Crippen molar-refractivity contribution >= 4 is 5.69 Å². The van der Waals surface area contributed by atoms with E-state index in [2.05, 4.69) is 48.3 Å². The molecule has 2 aliphatic rings. The second-order valence-corrected chi connectivity index (χ2v) is 4.91. The fraction of sp³-hybridized carbons (Fsp3) is 0.571. The van der Waals surface area contributed by atoms with Crippen LogP contribution in [0.3, 0.4) is 0 Å². The first-order chi connectivity index (χ1) is 7.85. The highest BCUT2D eigenvalue weighted by Crippen LogP contribution is 2.46. The first kappa shape index (κ1) is 10.2. The number of nitrogens with zero attached hydrogens (tertiary/aromatic N) is 1. The molecule has 1 N–H and O–H groups in total. The van der Waals surface area contributed by atoms with Crippen LogP contribution in [0.2, 0.25) is 0 Å². The van der Waals surface area contributed by atoms with Crippen LogP contribution in [0.25, 0.3) is 0 Å². The maximum Gasteiger partial charge on any atom is 0.0867 e. The number of nitrogens with one attached hydrogen (secondary N) is 1. The van der Waals surface area contributed by atoms with Crippen molar-refractivity contribution in [2.75, 3.05) is 11.9 Å². The molecule has 0 aliphatic carbocycles. The van der Waals surface area contributed by atoms with Gasteiger partial charge in [0.05, 0.1) is 6.17 Å². The van der Waals surface area contributed by atoms with Gasteiger partial charge in [0.1, 0.15) is 0 Å². The molecular formula is C14H20N2. The van der Waals surface area contributed by atoms with Crippen molar-refractivity contribution in [2.24, 2.45) is 0 Å². The molecule has 2 heteroatoms. The number of fused-ring (bicyclic) bond motifs is 3. The summed E-state index contributed by atoms with van der Waals surface area (Å²) < 4.78 is 0. The maximum atomic E-state index is 3.69. The molecule has 0 aromatic heterocycles. The minimum Gasteiger partial charge on any atom is -0.369 e. The molecule has 3 unspecified atom stereocenters. The Morgan fingerprint density at radius 1 is 1.31 bits per heavy atom. The van der Waals surface area contributed by atoms with Crippen LogP contribution in [0.4, 0.5) is 5.69 Å². The minimum atomic E-state index is 0.548. The number of benzene rings is 1. The first-order valence-electron chi connectivity index (χ1n) is 6.46. The quantitative estimate of drug-likeness (QED) is 0.817. The zero-order chi connectivity index (χ0) is 11.1. The molecule has 2 nitrogen and oxygen atoms in total. The van der Waals surface area contributed by atoms with Gasteiger partial charge in [-0.3, -0.25) is 4.90 Å². The van der Waals surface area contributed by atoms with Crippen molar-refractivity contribution in [3.8, 4) is 0 Å². The summed E-state index contributed by atoms with van der Waals surface area (Å²) in [5.74, 6) is 0.709. The van der Waals surface area contributed by atoms with Gasteiger partial charge in [-0.25, -0.2) is 0 Å². The van der Waals surface area contributed by atoms with Gasteiger partial charge in [0.25, 0.3) is 0 Å². The Hall–Kier alpha value is -1.02. The highest BCUT2D eigenvalue weighted by molar-refractivity contribution is 5.59. The van der Waals surface area contributed by atoms with E-state index in [0.717, 1.165) is 12.6 Å². The summed E-state index contributed by atoms with van der Waals surface area (Å²) in [5.41, 5.74) is 2.88. The molecule has 0 saturated carbocycles. The molecule has 2 aliphatic heterocycles. The molecule has 1 saturated heterocycles. The van der Waals surface area contributed by atoms with E-state index in [4.69, 9.17) is 0 Å². The van der Waals surface area contributed by atoms with E-state index in [0.29, 0.717) is 12.1 Å². The molecule has 0 amide bonds. The molecule has 3 rings (SSSR count). The van der Waals surface area contributed by atoms with Crippen molar-refractivity contribution in [3.05, 3.63) is 29.8 Å². The normalized spacial score (nSPS) is 32.2. The van der Waals surface area contributed by atoms with E-state index in [1.54, 1.807) is 0 Å². The van der Waals surface area contributed by atoms with Crippen LogP contribution in [-0.4, -0.2) is 23.7 Å². The number of hydrogen-bond acceptors (Lipinski definition) is 2. The lowest BCUT2D eigenvalue weighted by molar-refractivity contribution is 0.214. The molecule has 2 heterocycles. The van der Waals surface area contributed by atoms with E-state index >= 15 is 0 Å². The lowest BCUT2D eigenvalue weighted by Crippen LogP contribution is -2.39. The topological polar surface area (TPSA) is 15.3 Å². The van der Waals surface area contributed by atoms with Gasteiger partial charge in [0.15, 0.2) is 0 Å². The zero-order valence-corrected chi connectivity index (χ0v) is 10.1. The second kappa shape index (κ2) is 3.77. The molecule has 3 atom stereocenters. The van der Waals surface area contributed by atoms with Crippen molar-refractivity contribution in [1.29, 1.82) is 0 Å². The van der Waals surface area contributed by atoms with Gasteiger partial charge in [-0.15, -0.1) is 0 Å². The van der Waals surface area contributed by atoms with Crippen LogP contribution in [-0.2, 0) is 0 Å². The third-order valence-corrected chi connectivity index (χ3v) is 4.23. The summed E-state index contributed by atoms with van der Waals surface area (Å²) in [6, 6.07) is 9.56. The summed E-state index contributed by atoms with van der Waals surface area (Å²) in [6.07, 6.45) is 3.14. The monoisotopic (exact) mass is 216 g/mol. The van der Waals surface area contributed by atoms with Crippen LogP contribution < -0.4 is 5.32 Å². The van der Waals surface area contributed by atoms with Crippen LogP contribution in [0.15, 0.2) is 24.3 Å². The Bertz CT molecular complexity index is 388. The van der Waals surface area contributed by atoms with Gasteiger partial charge in [0, 0.05) is 17.6 Å². The third-order valence-electron chi connectivity index (χ3n) is 4.23. The fourth-order valence-corrected chi connectivity index (χ4v) is 3.46. The average Bonchev–Trinajstić information content (AvgIpc) is 2.83. The fourth-order valence-electron chi connectivity index (χ4n) is 3.46. The van der Waals surface area contributed by atoms with Gasteiger partial charge >= 0.3 is 0 Å². The molecule has 1 fully saturated rings. The van der Waals surface area contributed by atoms with E-state index in [-0.39, 0.29) is 0 Å². The minimum absolute atomic E-state index is 0.548. The largest absolute Gasteiger partial charge is 0.369 e. The third kappa shape index (κ3) is 1.29. The number of para-hydroxylation sites is 1. The first-order valence-corrected chi connectivity index (χ1v) is 6.46. The molecule has 16 heavy (non-hydrogen) atoms. The Morgan fingerprint density at radius 3 is 2.88 bits per heavy atom. The number of anilines is 1. The summed E-state index contributed by atoms with van der Waals surface area (Å²) in [4.78, 5) is 2.63. The summed E-state index contributed by atoms with van der Waals surface area (Å²) in [7, 11) is 0. The SMILES string of the molecule is CCC1CC2c3ccccc3NC2N1CC. The Morgan fingerprint density at radius 2 is 2.12 bits per heavy atom. The summed E-state index contributed by atoms with van der Waals surface area (Å²) >= 11 is 0. The van der Waals surface area contributed by atoms with Gasteiger partial charge in [-0.1, -0.05) is 32.0 Å². The van der Waals surface area contributed by atoms with Gasteiger partial charge in [0.2, 0.25) is 0 Å². The number of rotatable bonds is 2. The Balaban J connectivity index is 1.94. The number of likely N-dealkylation sites (N-methyl/N-ethyl adjacent to an activating group) is 1. The molecule has 1 aromatic rings.